The van der Waals surface area contributed by atoms with Crippen LogP contribution in [-0.2, 0) is 6.42 Å². The molecule has 0 spiro atoms. The van der Waals surface area contributed by atoms with Gasteiger partial charge in [-0.2, -0.15) is 0 Å². The van der Waals surface area contributed by atoms with Crippen molar-refractivity contribution in [3.05, 3.63) is 42.0 Å². The summed E-state index contributed by atoms with van der Waals surface area (Å²) < 4.78 is 19.2. The van der Waals surface area contributed by atoms with Crippen LogP contribution in [-0.4, -0.2) is 9.97 Å². The zero-order chi connectivity index (χ0) is 13.4. The van der Waals surface area contributed by atoms with E-state index in [1.807, 2.05) is 6.92 Å². The van der Waals surface area contributed by atoms with E-state index in [9.17, 15) is 4.39 Å². The number of aromatic nitrogens is 2. The molecule has 0 amide bonds. The van der Waals surface area contributed by atoms with Crippen LogP contribution in [0.3, 0.4) is 0 Å². The summed E-state index contributed by atoms with van der Waals surface area (Å²) >= 11 is 0. The van der Waals surface area contributed by atoms with E-state index < -0.39 is 0 Å². The molecule has 0 saturated heterocycles. The molecule has 0 unspecified atom stereocenters. The van der Waals surface area contributed by atoms with Gasteiger partial charge in [-0.25, -0.2) is 14.4 Å². The number of anilines is 1. The fourth-order valence-corrected chi connectivity index (χ4v) is 2.13. The van der Waals surface area contributed by atoms with Crippen LogP contribution in [0.25, 0.3) is 22.4 Å². The van der Waals surface area contributed by atoms with E-state index in [4.69, 9.17) is 10.2 Å². The van der Waals surface area contributed by atoms with E-state index in [-0.39, 0.29) is 11.4 Å². The average Bonchev–Trinajstić information content (AvgIpc) is 2.84. The standard InChI is InChI=1S/C14H12FN3O/c1-2-9-12(17-7-18-14(9)16)11-6-8-4-3-5-10(15)13(8)19-11/h3-7H,2H2,1H3,(H2,16,17,18). The highest BCUT2D eigenvalue weighted by molar-refractivity contribution is 5.83. The lowest BCUT2D eigenvalue weighted by molar-refractivity contribution is 0.567. The highest BCUT2D eigenvalue weighted by atomic mass is 19.1. The van der Waals surface area contributed by atoms with Crippen molar-refractivity contribution in [1.29, 1.82) is 0 Å². The summed E-state index contributed by atoms with van der Waals surface area (Å²) in [5.74, 6) is 0.545. The van der Waals surface area contributed by atoms with Gasteiger partial charge in [-0.05, 0) is 18.6 Å². The van der Waals surface area contributed by atoms with Crippen LogP contribution in [0.4, 0.5) is 10.2 Å². The second-order valence-electron chi connectivity index (χ2n) is 4.21. The van der Waals surface area contributed by atoms with Crippen LogP contribution in [0.2, 0.25) is 0 Å². The first-order valence-corrected chi connectivity index (χ1v) is 5.98. The zero-order valence-corrected chi connectivity index (χ0v) is 10.4. The monoisotopic (exact) mass is 257 g/mol. The van der Waals surface area contributed by atoms with Crippen molar-refractivity contribution in [2.45, 2.75) is 13.3 Å². The minimum atomic E-state index is -0.385. The van der Waals surface area contributed by atoms with Crippen molar-refractivity contribution in [3.8, 4) is 11.5 Å². The Bertz CT molecular complexity index is 752. The van der Waals surface area contributed by atoms with E-state index in [0.29, 0.717) is 29.1 Å². The zero-order valence-electron chi connectivity index (χ0n) is 10.4. The molecular formula is C14H12FN3O. The fraction of sp³-hybridized carbons (Fsp3) is 0.143. The van der Waals surface area contributed by atoms with Gasteiger partial charge in [0.15, 0.2) is 17.2 Å². The minimum Gasteiger partial charge on any atom is -0.451 e. The van der Waals surface area contributed by atoms with Gasteiger partial charge in [-0.15, -0.1) is 0 Å². The molecule has 2 heterocycles. The summed E-state index contributed by atoms with van der Waals surface area (Å²) in [7, 11) is 0. The highest BCUT2D eigenvalue weighted by Gasteiger charge is 2.15. The molecule has 1 aromatic carbocycles. The van der Waals surface area contributed by atoms with Gasteiger partial charge in [0.2, 0.25) is 0 Å². The van der Waals surface area contributed by atoms with Crippen molar-refractivity contribution < 1.29 is 8.81 Å². The molecule has 0 radical (unpaired) electrons. The molecule has 0 saturated carbocycles. The number of para-hydroxylation sites is 1. The second-order valence-corrected chi connectivity index (χ2v) is 4.21. The molecule has 3 aromatic rings. The van der Waals surface area contributed by atoms with Crippen molar-refractivity contribution in [3.63, 3.8) is 0 Å². The van der Waals surface area contributed by atoms with Gasteiger partial charge in [0.25, 0.3) is 0 Å². The van der Waals surface area contributed by atoms with Gasteiger partial charge >= 0.3 is 0 Å². The summed E-state index contributed by atoms with van der Waals surface area (Å²) in [6.45, 7) is 1.96. The first-order chi connectivity index (χ1) is 9.20. The van der Waals surface area contributed by atoms with Gasteiger partial charge < -0.3 is 10.2 Å². The lowest BCUT2D eigenvalue weighted by atomic mass is 10.1. The summed E-state index contributed by atoms with van der Waals surface area (Å²) in [6.07, 6.45) is 2.06. The van der Waals surface area contributed by atoms with Crippen LogP contribution in [0, 0.1) is 5.82 Å². The molecule has 19 heavy (non-hydrogen) atoms. The predicted molar refractivity (Wildman–Crippen MR) is 71.0 cm³/mol. The molecule has 4 nitrogen and oxygen atoms in total. The summed E-state index contributed by atoms with van der Waals surface area (Å²) in [5.41, 5.74) is 7.48. The highest BCUT2D eigenvalue weighted by Crippen LogP contribution is 2.31. The van der Waals surface area contributed by atoms with Crippen LogP contribution in [0.15, 0.2) is 35.0 Å². The van der Waals surface area contributed by atoms with Crippen LogP contribution in [0.1, 0.15) is 12.5 Å². The number of furan rings is 1. The molecule has 0 aliphatic carbocycles. The van der Waals surface area contributed by atoms with E-state index >= 15 is 0 Å². The molecular weight excluding hydrogens is 245 g/mol. The smallest absolute Gasteiger partial charge is 0.170 e. The molecule has 96 valence electrons. The number of rotatable bonds is 2. The fourth-order valence-electron chi connectivity index (χ4n) is 2.13. The summed E-state index contributed by atoms with van der Waals surface area (Å²) in [4.78, 5) is 8.16. The maximum atomic E-state index is 13.6. The third-order valence-electron chi connectivity index (χ3n) is 3.06. The molecule has 5 heteroatoms. The van der Waals surface area contributed by atoms with E-state index in [1.165, 1.54) is 12.4 Å². The van der Waals surface area contributed by atoms with Gasteiger partial charge in [-0.3, -0.25) is 0 Å². The number of halogens is 1. The number of fused-ring (bicyclic) bond motifs is 1. The molecule has 2 N–H and O–H groups in total. The van der Waals surface area contributed by atoms with Crippen molar-refractivity contribution in [2.75, 3.05) is 5.73 Å². The first-order valence-electron chi connectivity index (χ1n) is 5.98. The third-order valence-corrected chi connectivity index (χ3v) is 3.06. The molecule has 0 aliphatic heterocycles. The van der Waals surface area contributed by atoms with Gasteiger partial charge in [0, 0.05) is 10.9 Å². The Morgan fingerprint density at radius 3 is 2.89 bits per heavy atom. The first kappa shape index (κ1) is 11.6. The number of nitrogen functional groups attached to an aromatic ring is 1. The number of benzene rings is 1. The number of nitrogens with zero attached hydrogens (tertiary/aromatic N) is 2. The summed E-state index contributed by atoms with van der Waals surface area (Å²) in [5, 5.41) is 0.703. The lowest BCUT2D eigenvalue weighted by Crippen LogP contribution is -2.00. The number of nitrogens with two attached hydrogens (primary N) is 1. The Kier molecular flexibility index (Phi) is 2.67. The maximum absolute atomic E-state index is 13.6. The molecule has 0 fully saturated rings. The predicted octanol–water partition coefficient (Wildman–Crippen LogP) is 3.17. The Balaban J connectivity index is 2.25. The van der Waals surface area contributed by atoms with Crippen molar-refractivity contribution >= 4 is 16.8 Å². The van der Waals surface area contributed by atoms with E-state index in [2.05, 4.69) is 9.97 Å². The van der Waals surface area contributed by atoms with Gasteiger partial charge in [0.1, 0.15) is 17.8 Å². The normalized spacial score (nSPS) is 11.1. The van der Waals surface area contributed by atoms with Gasteiger partial charge in [0.05, 0.1) is 0 Å². The van der Waals surface area contributed by atoms with Crippen LogP contribution < -0.4 is 5.73 Å². The topological polar surface area (TPSA) is 64.9 Å². The Morgan fingerprint density at radius 1 is 1.32 bits per heavy atom. The average molecular weight is 257 g/mol. The van der Waals surface area contributed by atoms with Gasteiger partial charge in [-0.1, -0.05) is 19.1 Å². The maximum Gasteiger partial charge on any atom is 0.170 e. The van der Waals surface area contributed by atoms with Crippen molar-refractivity contribution in [1.82, 2.24) is 9.97 Å². The van der Waals surface area contributed by atoms with Crippen molar-refractivity contribution in [2.24, 2.45) is 0 Å². The lowest BCUT2D eigenvalue weighted by Gasteiger charge is -2.05. The molecule has 3 rings (SSSR count). The minimum absolute atomic E-state index is 0.233. The van der Waals surface area contributed by atoms with E-state index in [1.54, 1.807) is 18.2 Å². The quantitative estimate of drug-likeness (QED) is 0.765. The molecule has 2 aromatic heterocycles. The molecule has 0 bridgehead atoms. The Hall–Kier alpha value is -2.43. The Labute approximate surface area is 109 Å². The molecule has 0 atom stereocenters. The molecule has 0 aliphatic rings. The summed E-state index contributed by atoms with van der Waals surface area (Å²) in [6, 6.07) is 6.57. The van der Waals surface area contributed by atoms with Crippen LogP contribution in [0.5, 0.6) is 0 Å². The second kappa shape index (κ2) is 4.35. The number of hydrogen-bond donors (Lipinski definition) is 1. The SMILES string of the molecule is CCc1c(N)ncnc1-c1cc2cccc(F)c2o1. The largest absolute Gasteiger partial charge is 0.451 e. The Morgan fingerprint density at radius 2 is 2.16 bits per heavy atom. The third kappa shape index (κ3) is 1.83. The number of hydrogen-bond acceptors (Lipinski definition) is 4. The van der Waals surface area contributed by atoms with E-state index in [0.717, 1.165) is 5.56 Å². The van der Waals surface area contributed by atoms with Crippen LogP contribution >= 0.6 is 0 Å².